The van der Waals surface area contributed by atoms with E-state index in [9.17, 15) is 13.6 Å². The standard InChI is InChI=1S/C22H16F2N4O2/c1-30-22-26-20(14-2-6-16(23)7-3-14)28(27-22)19-12-10-18(11-13-19)25-21(29)15-4-8-17(24)9-5-15/h2-13H,1H3,(H,25,29). The number of carbonyl (C=O) groups is 1. The number of nitrogens with zero attached hydrogens (tertiary/aromatic N) is 3. The third-order valence-corrected chi connectivity index (χ3v) is 4.35. The summed E-state index contributed by atoms with van der Waals surface area (Å²) in [4.78, 5) is 16.6. The van der Waals surface area contributed by atoms with E-state index in [1.165, 1.54) is 43.5 Å². The fraction of sp³-hybridized carbons (Fsp3) is 0.0455. The van der Waals surface area contributed by atoms with Gasteiger partial charge in [0.25, 0.3) is 5.91 Å². The summed E-state index contributed by atoms with van der Waals surface area (Å²) in [5.74, 6) is -0.624. The van der Waals surface area contributed by atoms with Crippen molar-refractivity contribution in [1.82, 2.24) is 14.8 Å². The lowest BCUT2D eigenvalue weighted by atomic mass is 10.2. The number of halogens is 2. The molecule has 0 saturated heterocycles. The molecule has 3 aromatic carbocycles. The molecule has 4 rings (SSSR count). The molecule has 0 aliphatic heterocycles. The Morgan fingerprint density at radius 2 is 1.50 bits per heavy atom. The maximum absolute atomic E-state index is 13.3. The van der Waals surface area contributed by atoms with Gasteiger partial charge in [0.1, 0.15) is 11.6 Å². The zero-order valence-corrected chi connectivity index (χ0v) is 15.8. The minimum absolute atomic E-state index is 0.169. The van der Waals surface area contributed by atoms with Crippen LogP contribution in [-0.4, -0.2) is 27.8 Å². The zero-order chi connectivity index (χ0) is 21.1. The average molecular weight is 406 g/mol. The highest BCUT2D eigenvalue weighted by Crippen LogP contribution is 2.24. The van der Waals surface area contributed by atoms with Gasteiger partial charge in [0.05, 0.1) is 12.8 Å². The molecule has 0 radical (unpaired) electrons. The number of amides is 1. The number of carbonyl (C=O) groups excluding carboxylic acids is 1. The molecule has 0 spiro atoms. The Bertz CT molecular complexity index is 1170. The lowest BCUT2D eigenvalue weighted by Gasteiger charge is -2.08. The number of ether oxygens (including phenoxy) is 1. The fourth-order valence-corrected chi connectivity index (χ4v) is 2.84. The van der Waals surface area contributed by atoms with E-state index >= 15 is 0 Å². The van der Waals surface area contributed by atoms with Crippen molar-refractivity contribution in [3.05, 3.63) is 90.0 Å². The Kier molecular flexibility index (Phi) is 5.21. The molecule has 0 aliphatic carbocycles. The van der Waals surface area contributed by atoms with Gasteiger partial charge in [0, 0.05) is 16.8 Å². The predicted octanol–water partition coefficient (Wildman–Crippen LogP) is 4.47. The van der Waals surface area contributed by atoms with Gasteiger partial charge in [-0.3, -0.25) is 4.79 Å². The summed E-state index contributed by atoms with van der Waals surface area (Å²) in [5.41, 5.74) is 2.24. The maximum Gasteiger partial charge on any atom is 0.336 e. The third kappa shape index (κ3) is 4.02. The third-order valence-electron chi connectivity index (χ3n) is 4.35. The van der Waals surface area contributed by atoms with E-state index in [1.807, 2.05) is 0 Å². The number of hydrogen-bond acceptors (Lipinski definition) is 4. The summed E-state index contributed by atoms with van der Waals surface area (Å²) < 4.78 is 33.0. The van der Waals surface area contributed by atoms with Crippen LogP contribution in [0.2, 0.25) is 0 Å². The molecule has 0 bridgehead atoms. The van der Waals surface area contributed by atoms with Gasteiger partial charge in [-0.25, -0.2) is 13.5 Å². The molecule has 6 nitrogen and oxygen atoms in total. The number of anilines is 1. The molecule has 1 amide bonds. The smallest absolute Gasteiger partial charge is 0.336 e. The summed E-state index contributed by atoms with van der Waals surface area (Å²) >= 11 is 0. The quantitative estimate of drug-likeness (QED) is 0.531. The minimum atomic E-state index is -0.406. The molecular formula is C22H16F2N4O2. The summed E-state index contributed by atoms with van der Waals surface area (Å²) in [6.07, 6.45) is 0. The van der Waals surface area contributed by atoms with Crippen LogP contribution in [0.5, 0.6) is 6.01 Å². The van der Waals surface area contributed by atoms with Crippen LogP contribution in [0.1, 0.15) is 10.4 Å². The first kappa shape index (κ1) is 19.3. The molecule has 0 saturated carbocycles. The topological polar surface area (TPSA) is 69.0 Å². The minimum Gasteiger partial charge on any atom is -0.466 e. The van der Waals surface area contributed by atoms with Crippen molar-refractivity contribution < 1.29 is 18.3 Å². The van der Waals surface area contributed by atoms with Crippen LogP contribution in [0.3, 0.4) is 0 Å². The highest BCUT2D eigenvalue weighted by Gasteiger charge is 2.14. The molecule has 150 valence electrons. The first-order valence-corrected chi connectivity index (χ1v) is 8.98. The van der Waals surface area contributed by atoms with Crippen LogP contribution < -0.4 is 10.1 Å². The van der Waals surface area contributed by atoms with Gasteiger partial charge in [-0.2, -0.15) is 4.98 Å². The van der Waals surface area contributed by atoms with E-state index in [4.69, 9.17) is 4.74 Å². The van der Waals surface area contributed by atoms with Crippen molar-refractivity contribution in [3.8, 4) is 23.1 Å². The number of methoxy groups -OCH3 is 1. The molecule has 0 unspecified atom stereocenters. The number of benzene rings is 3. The Morgan fingerprint density at radius 3 is 2.10 bits per heavy atom. The Morgan fingerprint density at radius 1 is 0.900 bits per heavy atom. The molecule has 0 fully saturated rings. The molecule has 4 aromatic rings. The predicted molar refractivity (Wildman–Crippen MR) is 108 cm³/mol. The number of aromatic nitrogens is 3. The van der Waals surface area contributed by atoms with Gasteiger partial charge < -0.3 is 10.1 Å². The summed E-state index contributed by atoms with van der Waals surface area (Å²) in [7, 11) is 1.46. The molecule has 1 aromatic heterocycles. The zero-order valence-electron chi connectivity index (χ0n) is 15.8. The molecule has 0 aliphatic rings. The van der Waals surface area contributed by atoms with Gasteiger partial charge in [-0.15, -0.1) is 5.10 Å². The lowest BCUT2D eigenvalue weighted by Crippen LogP contribution is -2.11. The van der Waals surface area contributed by atoms with Crippen LogP contribution >= 0.6 is 0 Å². The summed E-state index contributed by atoms with van der Waals surface area (Å²) in [6, 6.07) is 18.3. The normalized spacial score (nSPS) is 10.6. The number of rotatable bonds is 5. The van der Waals surface area contributed by atoms with Crippen LogP contribution in [0.4, 0.5) is 14.5 Å². The average Bonchev–Trinajstić information content (AvgIpc) is 3.20. The molecular weight excluding hydrogens is 390 g/mol. The van der Waals surface area contributed by atoms with Gasteiger partial charge >= 0.3 is 6.01 Å². The Hall–Kier alpha value is -4.07. The molecule has 1 heterocycles. The van der Waals surface area contributed by atoms with Crippen LogP contribution in [-0.2, 0) is 0 Å². The van der Waals surface area contributed by atoms with E-state index in [-0.39, 0.29) is 17.7 Å². The van der Waals surface area contributed by atoms with E-state index in [0.717, 1.165) is 0 Å². The first-order chi connectivity index (χ1) is 14.5. The largest absolute Gasteiger partial charge is 0.466 e. The van der Waals surface area contributed by atoms with Crippen molar-refractivity contribution in [2.75, 3.05) is 12.4 Å². The van der Waals surface area contributed by atoms with Crippen molar-refractivity contribution in [1.29, 1.82) is 0 Å². The van der Waals surface area contributed by atoms with Gasteiger partial charge in [0.2, 0.25) is 0 Å². The Balaban J connectivity index is 1.59. The molecule has 1 N–H and O–H groups in total. The van der Waals surface area contributed by atoms with E-state index in [0.29, 0.717) is 28.3 Å². The SMILES string of the molecule is COc1nc(-c2ccc(F)cc2)n(-c2ccc(NC(=O)c3ccc(F)cc3)cc2)n1. The second-order valence-electron chi connectivity index (χ2n) is 6.35. The van der Waals surface area contributed by atoms with Crippen molar-refractivity contribution in [2.45, 2.75) is 0 Å². The van der Waals surface area contributed by atoms with Crippen LogP contribution in [0.15, 0.2) is 72.8 Å². The second kappa shape index (κ2) is 8.12. The van der Waals surface area contributed by atoms with Gasteiger partial charge in [-0.1, -0.05) is 0 Å². The number of nitrogens with one attached hydrogen (secondary N) is 1. The Labute approximate surface area is 170 Å². The van der Waals surface area contributed by atoms with Crippen LogP contribution in [0, 0.1) is 11.6 Å². The first-order valence-electron chi connectivity index (χ1n) is 8.98. The van der Waals surface area contributed by atoms with E-state index in [2.05, 4.69) is 15.4 Å². The van der Waals surface area contributed by atoms with E-state index < -0.39 is 5.82 Å². The van der Waals surface area contributed by atoms with Gasteiger partial charge in [-0.05, 0) is 72.8 Å². The second-order valence-corrected chi connectivity index (χ2v) is 6.35. The maximum atomic E-state index is 13.3. The fourth-order valence-electron chi connectivity index (χ4n) is 2.84. The highest BCUT2D eigenvalue weighted by molar-refractivity contribution is 6.04. The summed E-state index contributed by atoms with van der Waals surface area (Å²) in [5, 5.41) is 7.06. The van der Waals surface area contributed by atoms with Crippen molar-refractivity contribution in [3.63, 3.8) is 0 Å². The molecule has 8 heteroatoms. The number of hydrogen-bond donors (Lipinski definition) is 1. The highest BCUT2D eigenvalue weighted by atomic mass is 19.1. The van der Waals surface area contributed by atoms with E-state index in [1.54, 1.807) is 41.1 Å². The van der Waals surface area contributed by atoms with Crippen LogP contribution in [0.25, 0.3) is 17.1 Å². The van der Waals surface area contributed by atoms with Gasteiger partial charge in [0.15, 0.2) is 5.82 Å². The van der Waals surface area contributed by atoms with Crippen molar-refractivity contribution in [2.24, 2.45) is 0 Å². The molecule has 30 heavy (non-hydrogen) atoms. The monoisotopic (exact) mass is 406 g/mol. The summed E-state index contributed by atoms with van der Waals surface area (Å²) in [6.45, 7) is 0. The van der Waals surface area contributed by atoms with Crippen molar-refractivity contribution >= 4 is 11.6 Å². The molecule has 0 atom stereocenters. The lowest BCUT2D eigenvalue weighted by molar-refractivity contribution is 0.102.